The first kappa shape index (κ1) is 21.8. The van der Waals surface area contributed by atoms with Gasteiger partial charge in [-0.3, -0.25) is 9.52 Å². The van der Waals surface area contributed by atoms with E-state index < -0.39 is 10.0 Å². The smallest absolute Gasteiger partial charge is 0.261 e. The molecule has 152 valence electrons. The van der Waals surface area contributed by atoms with Crippen LogP contribution in [0.15, 0.2) is 53.4 Å². The maximum Gasteiger partial charge on any atom is 0.261 e. The third-order valence-corrected chi connectivity index (χ3v) is 5.95. The Morgan fingerprint density at radius 1 is 0.964 bits per heavy atom. The molecular weight excluding hydrogens is 376 g/mol. The number of sulfonamides is 1. The number of hydrogen-bond acceptors (Lipinski definition) is 4. The number of hydrogen-bond donors (Lipinski definition) is 2. The van der Waals surface area contributed by atoms with Gasteiger partial charge in [0.2, 0.25) is 0 Å². The van der Waals surface area contributed by atoms with E-state index in [0.29, 0.717) is 36.1 Å². The van der Waals surface area contributed by atoms with Gasteiger partial charge in [-0.05, 0) is 61.4 Å². The number of ether oxygens (including phenoxy) is 1. The summed E-state index contributed by atoms with van der Waals surface area (Å²) in [6, 6.07) is 12.6. The third-order valence-electron chi connectivity index (χ3n) is 4.55. The van der Waals surface area contributed by atoms with Crippen molar-refractivity contribution in [1.29, 1.82) is 0 Å². The maximum atomic E-state index is 12.5. The van der Waals surface area contributed by atoms with Crippen LogP contribution in [0.3, 0.4) is 0 Å². The normalized spacial score (nSPS) is 11.3. The van der Waals surface area contributed by atoms with Gasteiger partial charge in [-0.15, -0.1) is 0 Å². The van der Waals surface area contributed by atoms with Crippen LogP contribution in [0.1, 0.15) is 44.0 Å². The number of carbonyl (C=O) groups excluding carboxylic acids is 1. The van der Waals surface area contributed by atoms with E-state index in [1.807, 2.05) is 6.92 Å². The quantitative estimate of drug-likeness (QED) is 0.626. The summed E-state index contributed by atoms with van der Waals surface area (Å²) in [5.41, 5.74) is 0.876. The number of benzene rings is 2. The molecule has 0 spiro atoms. The lowest BCUT2D eigenvalue weighted by molar-refractivity contribution is 0.0946. The van der Waals surface area contributed by atoms with Crippen LogP contribution in [-0.4, -0.2) is 27.5 Å². The van der Waals surface area contributed by atoms with Crippen LogP contribution in [0, 0.1) is 5.92 Å². The molecule has 7 heteroatoms. The number of amides is 1. The van der Waals surface area contributed by atoms with Gasteiger partial charge in [-0.2, -0.15) is 0 Å². The first-order valence-corrected chi connectivity index (χ1v) is 11.0. The van der Waals surface area contributed by atoms with Gasteiger partial charge in [0, 0.05) is 17.8 Å². The molecule has 0 bridgehead atoms. The maximum absolute atomic E-state index is 12.5. The van der Waals surface area contributed by atoms with Crippen molar-refractivity contribution in [1.82, 2.24) is 5.32 Å². The molecule has 0 heterocycles. The summed E-state index contributed by atoms with van der Waals surface area (Å²) in [7, 11) is -3.74. The van der Waals surface area contributed by atoms with Crippen molar-refractivity contribution in [3.8, 4) is 5.75 Å². The van der Waals surface area contributed by atoms with E-state index in [1.54, 1.807) is 24.3 Å². The highest BCUT2D eigenvalue weighted by Crippen LogP contribution is 2.20. The average molecular weight is 405 g/mol. The van der Waals surface area contributed by atoms with Crippen molar-refractivity contribution in [2.45, 2.75) is 38.5 Å². The minimum atomic E-state index is -3.74. The Morgan fingerprint density at radius 2 is 1.57 bits per heavy atom. The summed E-state index contributed by atoms with van der Waals surface area (Å²) < 4.78 is 33.0. The highest BCUT2D eigenvalue weighted by Gasteiger charge is 2.16. The molecule has 0 aliphatic carbocycles. The lowest BCUT2D eigenvalue weighted by Crippen LogP contribution is -2.28. The number of anilines is 1. The largest absolute Gasteiger partial charge is 0.494 e. The van der Waals surface area contributed by atoms with E-state index in [9.17, 15) is 13.2 Å². The molecule has 6 nitrogen and oxygen atoms in total. The Hall–Kier alpha value is -2.54. The Bertz CT molecular complexity index is 858. The topological polar surface area (TPSA) is 84.5 Å². The molecule has 0 saturated carbocycles. The van der Waals surface area contributed by atoms with E-state index in [1.165, 1.54) is 24.3 Å². The lowest BCUT2D eigenvalue weighted by Gasteiger charge is -2.13. The van der Waals surface area contributed by atoms with Crippen LogP contribution < -0.4 is 14.8 Å². The van der Waals surface area contributed by atoms with Crippen molar-refractivity contribution in [3.63, 3.8) is 0 Å². The molecule has 0 fully saturated rings. The summed E-state index contributed by atoms with van der Waals surface area (Å²) in [6.45, 7) is 7.23. The van der Waals surface area contributed by atoms with Gasteiger partial charge < -0.3 is 10.1 Å². The van der Waals surface area contributed by atoms with Gasteiger partial charge in [0.25, 0.3) is 15.9 Å². The zero-order chi connectivity index (χ0) is 20.6. The summed E-state index contributed by atoms with van der Waals surface area (Å²) in [4.78, 5) is 12.3. The van der Waals surface area contributed by atoms with Crippen molar-refractivity contribution < 1.29 is 17.9 Å². The van der Waals surface area contributed by atoms with Crippen molar-refractivity contribution in [2.24, 2.45) is 5.92 Å². The molecule has 2 N–H and O–H groups in total. The molecule has 2 rings (SSSR count). The molecule has 2 aromatic carbocycles. The van der Waals surface area contributed by atoms with Crippen molar-refractivity contribution >= 4 is 21.6 Å². The fourth-order valence-electron chi connectivity index (χ4n) is 2.70. The molecule has 0 radical (unpaired) electrons. The Labute approximate surface area is 167 Å². The highest BCUT2D eigenvalue weighted by molar-refractivity contribution is 7.92. The SMILES string of the molecule is CCOc1ccc(NS(=O)(=O)c2ccc(C(=O)NCC(CC)CC)cc2)cc1. The fraction of sp³-hybridized carbons (Fsp3) is 0.381. The summed E-state index contributed by atoms with van der Waals surface area (Å²) in [6.07, 6.45) is 2.01. The van der Waals surface area contributed by atoms with Gasteiger partial charge in [-0.25, -0.2) is 8.42 Å². The molecule has 0 aliphatic heterocycles. The molecule has 2 aromatic rings. The molecule has 0 saturated heterocycles. The van der Waals surface area contributed by atoms with Gasteiger partial charge in [0.05, 0.1) is 11.5 Å². The summed E-state index contributed by atoms with van der Waals surface area (Å²) >= 11 is 0. The van der Waals surface area contributed by atoms with Crippen molar-refractivity contribution in [3.05, 3.63) is 54.1 Å². The van der Waals surface area contributed by atoms with Gasteiger partial charge in [-0.1, -0.05) is 26.7 Å². The van der Waals surface area contributed by atoms with E-state index >= 15 is 0 Å². The minimum absolute atomic E-state index is 0.0953. The van der Waals surface area contributed by atoms with Crippen LogP contribution in [0.2, 0.25) is 0 Å². The molecule has 0 atom stereocenters. The summed E-state index contributed by atoms with van der Waals surface area (Å²) in [5, 5.41) is 2.90. The molecule has 0 unspecified atom stereocenters. The van der Waals surface area contributed by atoms with Crippen LogP contribution in [-0.2, 0) is 10.0 Å². The molecule has 0 aliphatic rings. The molecule has 28 heavy (non-hydrogen) atoms. The standard InChI is InChI=1S/C21H28N2O4S/c1-4-16(5-2)15-22-21(24)17-7-13-20(14-8-17)28(25,26)23-18-9-11-19(12-10-18)27-6-3/h7-14,16,23H,4-6,15H2,1-3H3,(H,22,24). The van der Waals surface area contributed by atoms with Crippen LogP contribution in [0.4, 0.5) is 5.69 Å². The van der Waals surface area contributed by atoms with Crippen molar-refractivity contribution in [2.75, 3.05) is 17.9 Å². The zero-order valence-corrected chi connectivity index (χ0v) is 17.4. The average Bonchev–Trinajstić information content (AvgIpc) is 2.70. The molecule has 1 amide bonds. The van der Waals surface area contributed by atoms with E-state index in [0.717, 1.165) is 12.8 Å². The van der Waals surface area contributed by atoms with E-state index in [2.05, 4.69) is 23.9 Å². The predicted octanol–water partition coefficient (Wildman–Crippen LogP) is 4.05. The van der Waals surface area contributed by atoms with Gasteiger partial charge in [0.15, 0.2) is 0 Å². The molecular formula is C21H28N2O4S. The number of carbonyl (C=O) groups is 1. The fourth-order valence-corrected chi connectivity index (χ4v) is 3.76. The van der Waals surface area contributed by atoms with Crippen LogP contribution in [0.25, 0.3) is 0 Å². The first-order valence-electron chi connectivity index (χ1n) is 9.53. The Morgan fingerprint density at radius 3 is 2.11 bits per heavy atom. The third kappa shape index (κ3) is 5.99. The van der Waals surface area contributed by atoms with Crippen LogP contribution >= 0.6 is 0 Å². The Balaban J connectivity index is 2.03. The number of nitrogens with one attached hydrogen (secondary N) is 2. The second-order valence-corrected chi connectivity index (χ2v) is 8.16. The molecule has 0 aromatic heterocycles. The lowest BCUT2D eigenvalue weighted by atomic mass is 10.0. The van der Waals surface area contributed by atoms with E-state index in [-0.39, 0.29) is 10.8 Å². The Kier molecular flexibility index (Phi) is 7.87. The van der Waals surface area contributed by atoms with E-state index in [4.69, 9.17) is 4.74 Å². The monoisotopic (exact) mass is 404 g/mol. The zero-order valence-electron chi connectivity index (χ0n) is 16.6. The second-order valence-electron chi connectivity index (χ2n) is 6.48. The van der Waals surface area contributed by atoms with Crippen LogP contribution in [0.5, 0.6) is 5.75 Å². The summed E-state index contributed by atoms with van der Waals surface area (Å²) in [5.74, 6) is 0.923. The minimum Gasteiger partial charge on any atom is -0.494 e. The highest BCUT2D eigenvalue weighted by atomic mass is 32.2. The second kappa shape index (κ2) is 10.1. The van der Waals surface area contributed by atoms with Gasteiger partial charge >= 0.3 is 0 Å². The first-order chi connectivity index (χ1) is 13.4. The predicted molar refractivity (Wildman–Crippen MR) is 111 cm³/mol. The van der Waals surface area contributed by atoms with Gasteiger partial charge in [0.1, 0.15) is 5.75 Å². The number of rotatable bonds is 10.